The van der Waals surface area contributed by atoms with Crippen molar-refractivity contribution in [3.63, 3.8) is 0 Å². The maximum atomic E-state index is 11.2. The molecule has 0 bridgehead atoms. The van der Waals surface area contributed by atoms with E-state index in [9.17, 15) is 4.79 Å². The second kappa shape index (κ2) is 8.96. The van der Waals surface area contributed by atoms with Crippen molar-refractivity contribution in [1.29, 1.82) is 0 Å². The molecule has 2 aromatic rings. The first-order valence-corrected chi connectivity index (χ1v) is 11.0. The first-order valence-electron chi connectivity index (χ1n) is 11.0. The lowest BCUT2D eigenvalue weighted by molar-refractivity contribution is -0.118. The van der Waals surface area contributed by atoms with Crippen molar-refractivity contribution in [3.8, 4) is 0 Å². The van der Waals surface area contributed by atoms with E-state index in [2.05, 4.69) is 78.2 Å². The predicted octanol–water partition coefficient (Wildman–Crippen LogP) is 5.65. The molecule has 2 aliphatic carbocycles. The highest BCUT2D eigenvalue weighted by Gasteiger charge is 2.28. The van der Waals surface area contributed by atoms with Gasteiger partial charge in [0.25, 0.3) is 0 Å². The summed E-state index contributed by atoms with van der Waals surface area (Å²) in [6.07, 6.45) is 12.7. The zero-order valence-electron chi connectivity index (χ0n) is 17.5. The summed E-state index contributed by atoms with van der Waals surface area (Å²) in [5.41, 5.74) is 2.34. The van der Waals surface area contributed by atoms with Gasteiger partial charge in [-0.2, -0.15) is 0 Å². The number of hydrogen-bond donors (Lipinski definition) is 2. The van der Waals surface area contributed by atoms with Gasteiger partial charge in [0.15, 0.2) is 0 Å². The Balaban J connectivity index is 1.38. The number of rotatable bonds is 5. The lowest BCUT2D eigenvalue weighted by atomic mass is 9.75. The van der Waals surface area contributed by atoms with Crippen molar-refractivity contribution in [2.45, 2.75) is 58.0 Å². The summed E-state index contributed by atoms with van der Waals surface area (Å²) >= 11 is 0. The highest BCUT2D eigenvalue weighted by Crippen LogP contribution is 2.36. The number of hydrogen-bond acceptors (Lipinski definition) is 2. The smallest absolute Gasteiger partial charge is 0.221 e. The van der Waals surface area contributed by atoms with Crippen LogP contribution in [-0.4, -0.2) is 11.9 Å². The summed E-state index contributed by atoms with van der Waals surface area (Å²) in [6.45, 7) is 3.86. The molecule has 0 aliphatic heterocycles. The number of benzene rings is 2. The molecule has 29 heavy (non-hydrogen) atoms. The Kier molecular flexibility index (Phi) is 6.15. The van der Waals surface area contributed by atoms with E-state index in [-0.39, 0.29) is 5.91 Å². The molecule has 0 radical (unpaired) electrons. The minimum atomic E-state index is 0.00343. The monoisotopic (exact) mass is 388 g/mol. The molecule has 4 atom stereocenters. The number of allylic oxidation sites excluding steroid dienone is 3. The van der Waals surface area contributed by atoms with E-state index in [0.29, 0.717) is 23.9 Å². The van der Waals surface area contributed by atoms with Crippen LogP contribution < -0.4 is 10.6 Å². The van der Waals surface area contributed by atoms with Gasteiger partial charge in [0.1, 0.15) is 0 Å². The fourth-order valence-corrected chi connectivity index (χ4v) is 5.12. The Labute approximate surface area is 174 Å². The van der Waals surface area contributed by atoms with Gasteiger partial charge < -0.3 is 10.6 Å². The van der Waals surface area contributed by atoms with E-state index < -0.39 is 0 Å². The summed E-state index contributed by atoms with van der Waals surface area (Å²) in [5.74, 6) is 1.31. The van der Waals surface area contributed by atoms with Crippen molar-refractivity contribution < 1.29 is 4.79 Å². The Bertz CT molecular complexity index is 924. The molecule has 0 aromatic heterocycles. The van der Waals surface area contributed by atoms with Gasteiger partial charge in [-0.15, -0.1) is 0 Å². The number of fused-ring (bicyclic) bond motifs is 1. The van der Waals surface area contributed by atoms with E-state index in [1.165, 1.54) is 42.0 Å². The first-order chi connectivity index (χ1) is 14.1. The van der Waals surface area contributed by atoms with Crippen molar-refractivity contribution in [2.75, 3.05) is 0 Å². The molecular weight excluding hydrogens is 356 g/mol. The zero-order chi connectivity index (χ0) is 20.2. The minimum absolute atomic E-state index is 0.00343. The molecule has 152 valence electrons. The largest absolute Gasteiger partial charge is 0.327 e. The highest BCUT2D eigenvalue weighted by atomic mass is 16.1. The molecule has 0 spiro atoms. The Morgan fingerprint density at radius 1 is 1.10 bits per heavy atom. The molecule has 3 nitrogen and oxygen atoms in total. The predicted molar refractivity (Wildman–Crippen MR) is 120 cm³/mol. The van der Waals surface area contributed by atoms with Crippen LogP contribution in [0.4, 0.5) is 0 Å². The second-order valence-corrected chi connectivity index (χ2v) is 8.68. The average molecular weight is 389 g/mol. The standard InChI is InChI=1S/C26H32N2O/c1-18(25-12-6-8-21-7-3-4-11-26(21)25)27-24-10-5-9-22(17-24)20-13-15-23(16-14-20)28-19(2)29/h3-4,6-8,11-13,15-16,18,20,22,24,27H,5,9-10,14,17H2,1-2H3,(H,28,29)/t18?,20?,22-,24?/m0/s1. The summed E-state index contributed by atoms with van der Waals surface area (Å²) in [6, 6.07) is 16.2. The van der Waals surface area contributed by atoms with Crippen molar-refractivity contribution in [2.24, 2.45) is 11.8 Å². The normalized spacial score (nSPS) is 25.4. The van der Waals surface area contributed by atoms with Gasteiger partial charge in [0.2, 0.25) is 5.91 Å². The molecule has 2 N–H and O–H groups in total. The van der Waals surface area contributed by atoms with Crippen LogP contribution in [0.5, 0.6) is 0 Å². The molecule has 1 amide bonds. The van der Waals surface area contributed by atoms with E-state index in [1.807, 2.05) is 0 Å². The zero-order valence-corrected chi connectivity index (χ0v) is 17.5. The van der Waals surface area contributed by atoms with Crippen LogP contribution in [0.2, 0.25) is 0 Å². The Morgan fingerprint density at radius 3 is 2.72 bits per heavy atom. The molecule has 0 saturated heterocycles. The molecule has 3 unspecified atom stereocenters. The lowest BCUT2D eigenvalue weighted by Crippen LogP contribution is -2.37. The van der Waals surface area contributed by atoms with Gasteiger partial charge in [-0.1, -0.05) is 61.0 Å². The SMILES string of the molecule is CC(=O)NC1=CCC([C@H]2CCCC(NC(C)c3cccc4ccccc34)C2)C=C1. The Morgan fingerprint density at radius 2 is 1.93 bits per heavy atom. The van der Waals surface area contributed by atoms with Gasteiger partial charge in [-0.25, -0.2) is 0 Å². The highest BCUT2D eigenvalue weighted by molar-refractivity contribution is 5.86. The van der Waals surface area contributed by atoms with Gasteiger partial charge in [-0.05, 0) is 66.9 Å². The molecule has 0 heterocycles. The van der Waals surface area contributed by atoms with Crippen molar-refractivity contribution >= 4 is 16.7 Å². The topological polar surface area (TPSA) is 41.1 Å². The molecule has 1 fully saturated rings. The van der Waals surface area contributed by atoms with Crippen LogP contribution >= 0.6 is 0 Å². The van der Waals surface area contributed by atoms with Crippen LogP contribution in [-0.2, 0) is 4.79 Å². The second-order valence-electron chi connectivity index (χ2n) is 8.68. The van der Waals surface area contributed by atoms with Crippen LogP contribution in [0.1, 0.15) is 57.6 Å². The molecule has 2 aliphatic rings. The fourth-order valence-electron chi connectivity index (χ4n) is 5.12. The van der Waals surface area contributed by atoms with E-state index in [4.69, 9.17) is 0 Å². The number of carbonyl (C=O) groups is 1. The lowest BCUT2D eigenvalue weighted by Gasteiger charge is -2.36. The van der Waals surface area contributed by atoms with Crippen LogP contribution in [0, 0.1) is 11.8 Å². The van der Waals surface area contributed by atoms with Crippen molar-refractivity contribution in [1.82, 2.24) is 10.6 Å². The van der Waals surface area contributed by atoms with Crippen molar-refractivity contribution in [3.05, 3.63) is 72.0 Å². The van der Waals surface area contributed by atoms with Gasteiger partial charge in [-0.3, -0.25) is 4.79 Å². The minimum Gasteiger partial charge on any atom is -0.327 e. The molecule has 1 saturated carbocycles. The molecular formula is C26H32N2O. The van der Waals surface area contributed by atoms with Crippen LogP contribution in [0.15, 0.2) is 66.4 Å². The summed E-state index contributed by atoms with van der Waals surface area (Å²) in [7, 11) is 0. The first kappa shape index (κ1) is 19.9. The maximum absolute atomic E-state index is 11.2. The molecule has 4 rings (SSSR count). The van der Waals surface area contributed by atoms with E-state index in [1.54, 1.807) is 6.92 Å². The van der Waals surface area contributed by atoms with Crippen LogP contribution in [0.3, 0.4) is 0 Å². The van der Waals surface area contributed by atoms with E-state index >= 15 is 0 Å². The number of amides is 1. The summed E-state index contributed by atoms with van der Waals surface area (Å²) in [5, 5.41) is 9.50. The number of carbonyl (C=O) groups excluding carboxylic acids is 1. The molecule has 3 heteroatoms. The third-order valence-corrected chi connectivity index (χ3v) is 6.55. The average Bonchev–Trinajstić information content (AvgIpc) is 2.73. The third-order valence-electron chi connectivity index (χ3n) is 6.55. The van der Waals surface area contributed by atoms with Crippen LogP contribution in [0.25, 0.3) is 10.8 Å². The Hall–Kier alpha value is -2.39. The molecule has 2 aromatic carbocycles. The fraction of sp³-hybridized carbons (Fsp3) is 0.423. The quantitative estimate of drug-likeness (QED) is 0.695. The van der Waals surface area contributed by atoms with Gasteiger partial charge in [0, 0.05) is 24.7 Å². The van der Waals surface area contributed by atoms with E-state index in [0.717, 1.165) is 12.1 Å². The summed E-state index contributed by atoms with van der Waals surface area (Å²) in [4.78, 5) is 11.2. The van der Waals surface area contributed by atoms with Gasteiger partial charge in [0.05, 0.1) is 0 Å². The summed E-state index contributed by atoms with van der Waals surface area (Å²) < 4.78 is 0. The maximum Gasteiger partial charge on any atom is 0.221 e. The van der Waals surface area contributed by atoms with Gasteiger partial charge >= 0.3 is 0 Å². The number of nitrogens with one attached hydrogen (secondary N) is 2. The third kappa shape index (κ3) is 4.79.